The Labute approximate surface area is 175 Å². The number of hydrogen-bond acceptors (Lipinski definition) is 7. The average molecular weight is 426 g/mol. The molecule has 1 N–H and O–H groups in total. The zero-order chi connectivity index (χ0) is 20.4. The molecule has 2 heterocycles. The van der Waals surface area contributed by atoms with Crippen molar-refractivity contribution in [1.82, 2.24) is 4.98 Å². The number of hydrogen-bond donors (Lipinski definition) is 1. The second kappa shape index (κ2) is 8.06. The van der Waals surface area contributed by atoms with Crippen molar-refractivity contribution in [2.75, 3.05) is 12.5 Å². The fourth-order valence-electron chi connectivity index (χ4n) is 2.81. The van der Waals surface area contributed by atoms with Crippen LogP contribution in [0.25, 0.3) is 22.3 Å². The van der Waals surface area contributed by atoms with Crippen molar-refractivity contribution < 1.29 is 13.9 Å². The van der Waals surface area contributed by atoms with Gasteiger partial charge in [-0.1, -0.05) is 53.3 Å². The van der Waals surface area contributed by atoms with Crippen LogP contribution in [-0.2, 0) is 4.74 Å². The van der Waals surface area contributed by atoms with E-state index < -0.39 is 5.97 Å². The van der Waals surface area contributed by atoms with E-state index in [0.717, 1.165) is 10.9 Å². The van der Waals surface area contributed by atoms with Gasteiger partial charge in [-0.3, -0.25) is 5.43 Å². The van der Waals surface area contributed by atoms with Gasteiger partial charge in [0, 0.05) is 22.0 Å². The second-order valence-electron chi connectivity index (χ2n) is 6.15. The predicted molar refractivity (Wildman–Crippen MR) is 114 cm³/mol. The lowest BCUT2D eigenvalue weighted by atomic mass is 10.1. The van der Waals surface area contributed by atoms with Crippen LogP contribution in [0.2, 0.25) is 5.02 Å². The van der Waals surface area contributed by atoms with Gasteiger partial charge in [0.15, 0.2) is 0 Å². The highest BCUT2D eigenvalue weighted by Gasteiger charge is 2.15. The molecule has 0 aliphatic carbocycles. The second-order valence-corrected chi connectivity index (χ2v) is 7.59. The van der Waals surface area contributed by atoms with Crippen molar-refractivity contribution in [2.24, 2.45) is 5.10 Å². The van der Waals surface area contributed by atoms with Gasteiger partial charge in [-0.2, -0.15) is 5.10 Å². The SMILES string of the molecule is COC(=O)c1sc(N/N=c2\cc(-c3ccccc3)oc3ccc(Cl)cc23)nc1C. The van der Waals surface area contributed by atoms with Crippen LogP contribution in [0, 0.1) is 6.92 Å². The lowest BCUT2D eigenvalue weighted by Crippen LogP contribution is -2.07. The molecule has 0 radical (unpaired) electrons. The first kappa shape index (κ1) is 19.2. The van der Waals surface area contributed by atoms with Gasteiger partial charge in [0.2, 0.25) is 5.13 Å². The standard InChI is InChI=1S/C21H16ClN3O3S/c1-12-19(20(26)27-2)29-21(23-12)25-24-16-11-18(13-6-4-3-5-7-13)28-17-9-8-14(22)10-15(16)17/h3-11H,1-2H3,(H,23,25)/b24-16+. The van der Waals surface area contributed by atoms with Crippen molar-refractivity contribution >= 4 is 45.0 Å². The van der Waals surface area contributed by atoms with Crippen LogP contribution >= 0.6 is 22.9 Å². The van der Waals surface area contributed by atoms with Crippen LogP contribution in [0.4, 0.5) is 5.13 Å². The number of methoxy groups -OCH3 is 1. The number of fused-ring (bicyclic) bond motifs is 1. The fraction of sp³-hybridized carbons (Fsp3) is 0.0952. The summed E-state index contributed by atoms with van der Waals surface area (Å²) in [6.45, 7) is 1.75. The highest BCUT2D eigenvalue weighted by atomic mass is 35.5. The third kappa shape index (κ3) is 4.01. The van der Waals surface area contributed by atoms with E-state index in [2.05, 4.69) is 15.5 Å². The molecule has 0 saturated carbocycles. The number of anilines is 1. The number of nitrogens with zero attached hydrogens (tertiary/aromatic N) is 2. The summed E-state index contributed by atoms with van der Waals surface area (Å²) in [4.78, 5) is 16.6. The summed E-state index contributed by atoms with van der Waals surface area (Å²) in [6, 6.07) is 17.0. The maximum atomic E-state index is 11.8. The Kier molecular flexibility index (Phi) is 5.33. The smallest absolute Gasteiger partial charge is 0.350 e. The van der Waals surface area contributed by atoms with Gasteiger partial charge >= 0.3 is 5.97 Å². The minimum absolute atomic E-state index is 0.421. The lowest BCUT2D eigenvalue weighted by molar-refractivity contribution is 0.0605. The molecule has 4 rings (SSSR count). The summed E-state index contributed by atoms with van der Waals surface area (Å²) in [7, 11) is 1.34. The first-order valence-electron chi connectivity index (χ1n) is 8.69. The first-order valence-corrected chi connectivity index (χ1v) is 9.89. The monoisotopic (exact) mass is 425 g/mol. The molecule has 4 aromatic rings. The van der Waals surface area contributed by atoms with E-state index in [-0.39, 0.29) is 0 Å². The van der Waals surface area contributed by atoms with Crippen LogP contribution in [0.1, 0.15) is 15.4 Å². The van der Waals surface area contributed by atoms with Crippen LogP contribution in [-0.4, -0.2) is 18.1 Å². The van der Waals surface area contributed by atoms with Crippen LogP contribution in [0.3, 0.4) is 0 Å². The molecular weight excluding hydrogens is 410 g/mol. The number of aryl methyl sites for hydroxylation is 1. The Morgan fingerprint density at radius 2 is 2.00 bits per heavy atom. The molecule has 2 aromatic carbocycles. The first-order chi connectivity index (χ1) is 14.0. The lowest BCUT2D eigenvalue weighted by Gasteiger charge is -2.05. The van der Waals surface area contributed by atoms with Gasteiger partial charge in [0.25, 0.3) is 0 Å². The van der Waals surface area contributed by atoms with Gasteiger partial charge in [-0.05, 0) is 25.1 Å². The number of carbonyl (C=O) groups excluding carboxylic acids is 1. The Bertz CT molecular complexity index is 1270. The van der Waals surface area contributed by atoms with Crippen molar-refractivity contribution in [3.8, 4) is 11.3 Å². The van der Waals surface area contributed by atoms with Crippen molar-refractivity contribution in [2.45, 2.75) is 6.92 Å². The number of esters is 1. The normalized spacial score (nSPS) is 11.6. The zero-order valence-corrected chi connectivity index (χ0v) is 17.2. The molecule has 0 aliphatic heterocycles. The molecule has 0 amide bonds. The third-order valence-electron chi connectivity index (χ3n) is 4.20. The average Bonchev–Trinajstić information content (AvgIpc) is 3.12. The molecule has 2 aromatic heterocycles. The molecule has 0 saturated heterocycles. The summed E-state index contributed by atoms with van der Waals surface area (Å²) in [5, 5.41) is 6.96. The highest BCUT2D eigenvalue weighted by molar-refractivity contribution is 7.17. The van der Waals surface area contributed by atoms with E-state index in [1.54, 1.807) is 19.1 Å². The number of rotatable bonds is 4. The number of ether oxygens (including phenoxy) is 1. The summed E-state index contributed by atoms with van der Waals surface area (Å²) in [5.74, 6) is 0.252. The molecule has 0 aliphatic rings. The van der Waals surface area contributed by atoms with Gasteiger partial charge < -0.3 is 9.15 Å². The van der Waals surface area contributed by atoms with E-state index in [0.29, 0.717) is 37.4 Å². The van der Waals surface area contributed by atoms with E-state index in [9.17, 15) is 4.79 Å². The number of aromatic nitrogens is 1. The molecule has 8 heteroatoms. The van der Waals surface area contributed by atoms with Gasteiger partial charge in [-0.25, -0.2) is 9.78 Å². The Balaban J connectivity index is 1.81. The predicted octanol–water partition coefficient (Wildman–Crippen LogP) is 5.23. The van der Waals surface area contributed by atoms with Crippen LogP contribution < -0.4 is 10.8 Å². The molecular formula is C21H16ClN3O3S. The topological polar surface area (TPSA) is 76.7 Å². The van der Waals surface area contributed by atoms with Crippen LogP contribution in [0.15, 0.2) is 64.1 Å². The summed E-state index contributed by atoms with van der Waals surface area (Å²) < 4.78 is 10.8. The minimum atomic E-state index is -0.421. The molecule has 0 unspecified atom stereocenters. The quantitative estimate of drug-likeness (QED) is 0.357. The van der Waals surface area contributed by atoms with Crippen molar-refractivity contribution in [3.05, 3.63) is 75.5 Å². The largest absolute Gasteiger partial charge is 0.465 e. The van der Waals surface area contributed by atoms with Gasteiger partial charge in [0.1, 0.15) is 16.2 Å². The van der Waals surface area contributed by atoms with Crippen molar-refractivity contribution in [1.29, 1.82) is 0 Å². The van der Waals surface area contributed by atoms with E-state index in [4.69, 9.17) is 20.8 Å². The maximum Gasteiger partial charge on any atom is 0.350 e. The summed E-state index contributed by atoms with van der Waals surface area (Å²) in [5.41, 5.74) is 5.10. The zero-order valence-electron chi connectivity index (χ0n) is 15.6. The summed E-state index contributed by atoms with van der Waals surface area (Å²) >= 11 is 7.35. The Hall–Kier alpha value is -3.16. The minimum Gasteiger partial charge on any atom is -0.465 e. The summed E-state index contributed by atoms with van der Waals surface area (Å²) in [6.07, 6.45) is 0. The molecule has 29 heavy (non-hydrogen) atoms. The maximum absolute atomic E-state index is 11.8. The number of halogens is 1. The number of nitrogens with one attached hydrogen (secondary N) is 1. The molecule has 0 bridgehead atoms. The Morgan fingerprint density at radius 1 is 1.21 bits per heavy atom. The Morgan fingerprint density at radius 3 is 2.76 bits per heavy atom. The third-order valence-corrected chi connectivity index (χ3v) is 5.48. The van der Waals surface area contributed by atoms with E-state index >= 15 is 0 Å². The molecule has 0 fully saturated rings. The number of benzene rings is 2. The van der Waals surface area contributed by atoms with Crippen molar-refractivity contribution in [3.63, 3.8) is 0 Å². The molecule has 146 valence electrons. The van der Waals surface area contributed by atoms with Gasteiger partial charge in [0.05, 0.1) is 18.2 Å². The number of carbonyl (C=O) groups is 1. The van der Waals surface area contributed by atoms with E-state index in [1.807, 2.05) is 42.5 Å². The molecule has 0 spiro atoms. The molecule has 0 atom stereocenters. The fourth-order valence-corrected chi connectivity index (χ4v) is 3.81. The van der Waals surface area contributed by atoms with Gasteiger partial charge in [-0.15, -0.1) is 0 Å². The van der Waals surface area contributed by atoms with Crippen LogP contribution in [0.5, 0.6) is 0 Å². The number of thiazole rings is 1. The molecule has 6 nitrogen and oxygen atoms in total. The highest BCUT2D eigenvalue weighted by Crippen LogP contribution is 2.25. The van der Waals surface area contributed by atoms with E-state index in [1.165, 1.54) is 18.4 Å².